The van der Waals surface area contributed by atoms with Gasteiger partial charge < -0.3 is 21.9 Å². The third kappa shape index (κ3) is 2.04. The van der Waals surface area contributed by atoms with Crippen LogP contribution in [0, 0.1) is 6.92 Å². The van der Waals surface area contributed by atoms with Gasteiger partial charge in [-0.3, -0.25) is 4.99 Å². The van der Waals surface area contributed by atoms with E-state index in [2.05, 4.69) is 47.3 Å². The summed E-state index contributed by atoms with van der Waals surface area (Å²) < 4.78 is 0. The Morgan fingerprint density at radius 1 is 1.25 bits per heavy atom. The molecule has 84 valence electrons. The number of hydrogen-bond acceptors (Lipinski definition) is 3. The van der Waals surface area contributed by atoms with Crippen molar-refractivity contribution in [3.8, 4) is 0 Å². The van der Waals surface area contributed by atoms with E-state index in [-0.39, 0.29) is 17.0 Å². The van der Waals surface area contributed by atoms with Crippen molar-refractivity contribution in [2.45, 2.75) is 6.92 Å². The highest BCUT2D eigenvalue weighted by Gasteiger charge is 2.24. The maximum absolute atomic E-state index is 4.44. The van der Waals surface area contributed by atoms with Gasteiger partial charge in [0.1, 0.15) is 0 Å². The number of amidine groups is 1. The third-order valence-corrected chi connectivity index (χ3v) is 3.75. The number of rotatable bonds is 1. The van der Waals surface area contributed by atoms with Crippen molar-refractivity contribution in [2.75, 3.05) is 13.1 Å². The van der Waals surface area contributed by atoms with Crippen LogP contribution in [0.3, 0.4) is 0 Å². The first-order chi connectivity index (χ1) is 7.33. The first kappa shape index (κ1) is 11.7. The number of nitrogens with zero attached hydrogens (tertiary/aromatic N) is 2. The molecule has 0 spiro atoms. The highest BCUT2D eigenvalue weighted by molar-refractivity contribution is 8.22. The van der Waals surface area contributed by atoms with Crippen LogP contribution in [0.4, 0.5) is 0 Å². The minimum atomic E-state index is 0. The summed E-state index contributed by atoms with van der Waals surface area (Å²) in [5.74, 6) is 0. The molecule has 1 aromatic rings. The summed E-state index contributed by atoms with van der Waals surface area (Å²) in [5, 5.41) is 1.16. The molecule has 0 amide bonds. The average molecular weight is 296 g/mol. The lowest BCUT2D eigenvalue weighted by Crippen LogP contribution is -3.00. The summed E-state index contributed by atoms with van der Waals surface area (Å²) in [6.07, 6.45) is 2.21. The molecule has 0 saturated carbocycles. The Morgan fingerprint density at radius 2 is 2.00 bits per heavy atom. The Hall–Kier alpha value is -0.740. The molecular formula is C12H12BrN2S-. The predicted octanol–water partition coefficient (Wildman–Crippen LogP) is -0.284. The lowest BCUT2D eigenvalue weighted by molar-refractivity contribution is -0.00000295. The van der Waals surface area contributed by atoms with Crippen LogP contribution in [0.1, 0.15) is 11.1 Å². The summed E-state index contributed by atoms with van der Waals surface area (Å²) in [6.45, 7) is 4.10. The van der Waals surface area contributed by atoms with Gasteiger partial charge in [-0.15, -0.1) is 0 Å². The first-order valence-corrected chi connectivity index (χ1v) is 5.92. The molecule has 0 saturated heterocycles. The quantitative estimate of drug-likeness (QED) is 0.708. The predicted molar refractivity (Wildman–Crippen MR) is 65.8 cm³/mol. The molecule has 2 aliphatic rings. The van der Waals surface area contributed by atoms with Crippen LogP contribution in [-0.2, 0) is 0 Å². The number of benzene rings is 1. The summed E-state index contributed by atoms with van der Waals surface area (Å²) in [6, 6.07) is 8.66. The topological polar surface area (TPSA) is 15.6 Å². The monoisotopic (exact) mass is 295 g/mol. The SMILES string of the molecule is Cc1ccc(C2=CN3CCN=C3S2)cc1.[Br-]. The van der Waals surface area contributed by atoms with Gasteiger partial charge in [0, 0.05) is 17.6 Å². The van der Waals surface area contributed by atoms with E-state index >= 15 is 0 Å². The van der Waals surface area contributed by atoms with Gasteiger partial charge in [0.15, 0.2) is 5.17 Å². The number of aliphatic imine (C=N–C) groups is 1. The molecule has 4 heteroatoms. The minimum absolute atomic E-state index is 0. The molecule has 2 heterocycles. The highest BCUT2D eigenvalue weighted by atomic mass is 79.9. The number of fused-ring (bicyclic) bond motifs is 1. The van der Waals surface area contributed by atoms with Gasteiger partial charge in [-0.1, -0.05) is 29.8 Å². The highest BCUT2D eigenvalue weighted by Crippen LogP contribution is 2.37. The van der Waals surface area contributed by atoms with Crippen molar-refractivity contribution in [3.05, 3.63) is 41.6 Å². The Labute approximate surface area is 110 Å². The molecule has 16 heavy (non-hydrogen) atoms. The summed E-state index contributed by atoms with van der Waals surface area (Å²) in [4.78, 5) is 7.99. The molecule has 0 fully saturated rings. The van der Waals surface area contributed by atoms with Crippen LogP contribution in [0.15, 0.2) is 35.5 Å². The fraction of sp³-hybridized carbons (Fsp3) is 0.250. The van der Waals surface area contributed by atoms with Crippen molar-refractivity contribution in [2.24, 2.45) is 4.99 Å². The largest absolute Gasteiger partial charge is 1.00 e. The number of halogens is 1. The van der Waals surface area contributed by atoms with Crippen molar-refractivity contribution in [1.82, 2.24) is 4.90 Å². The lowest BCUT2D eigenvalue weighted by atomic mass is 10.1. The van der Waals surface area contributed by atoms with Crippen molar-refractivity contribution < 1.29 is 17.0 Å². The van der Waals surface area contributed by atoms with E-state index in [4.69, 9.17) is 0 Å². The van der Waals surface area contributed by atoms with E-state index in [0.717, 1.165) is 18.3 Å². The van der Waals surface area contributed by atoms with E-state index in [1.165, 1.54) is 16.0 Å². The van der Waals surface area contributed by atoms with Gasteiger partial charge >= 0.3 is 0 Å². The summed E-state index contributed by atoms with van der Waals surface area (Å²) >= 11 is 1.78. The first-order valence-electron chi connectivity index (χ1n) is 5.11. The van der Waals surface area contributed by atoms with Crippen molar-refractivity contribution in [1.29, 1.82) is 0 Å². The molecular weight excluding hydrogens is 284 g/mol. The van der Waals surface area contributed by atoms with Gasteiger partial charge in [-0.05, 0) is 24.2 Å². The van der Waals surface area contributed by atoms with Crippen LogP contribution in [0.5, 0.6) is 0 Å². The second kappa shape index (κ2) is 4.63. The zero-order valence-corrected chi connectivity index (χ0v) is 11.4. The Balaban J connectivity index is 0.000000963. The molecule has 3 rings (SSSR count). The molecule has 0 atom stereocenters. The van der Waals surface area contributed by atoms with Crippen LogP contribution >= 0.6 is 11.8 Å². The number of aryl methyl sites for hydroxylation is 1. The average Bonchev–Trinajstić information content (AvgIpc) is 2.78. The van der Waals surface area contributed by atoms with Crippen LogP contribution in [0.2, 0.25) is 0 Å². The van der Waals surface area contributed by atoms with E-state index in [1.807, 2.05) is 0 Å². The van der Waals surface area contributed by atoms with Gasteiger partial charge in [0.2, 0.25) is 0 Å². The Bertz CT molecular complexity index is 451. The molecule has 2 aliphatic heterocycles. The molecule has 0 bridgehead atoms. The second-order valence-corrected chi connectivity index (χ2v) is 4.83. The maximum atomic E-state index is 4.44. The minimum Gasteiger partial charge on any atom is -1.00 e. The molecule has 0 radical (unpaired) electrons. The summed E-state index contributed by atoms with van der Waals surface area (Å²) in [5.41, 5.74) is 2.60. The fourth-order valence-electron chi connectivity index (χ4n) is 1.77. The third-order valence-electron chi connectivity index (χ3n) is 2.64. The fourth-order valence-corrected chi connectivity index (χ4v) is 2.82. The Kier molecular flexibility index (Phi) is 3.40. The molecule has 0 aliphatic carbocycles. The zero-order valence-electron chi connectivity index (χ0n) is 8.98. The zero-order chi connectivity index (χ0) is 10.3. The van der Waals surface area contributed by atoms with Crippen LogP contribution < -0.4 is 17.0 Å². The smallest absolute Gasteiger partial charge is 0.168 e. The van der Waals surface area contributed by atoms with E-state index in [1.54, 1.807) is 11.8 Å². The molecule has 0 aromatic heterocycles. The van der Waals surface area contributed by atoms with E-state index in [0.29, 0.717) is 0 Å². The number of hydrogen-bond donors (Lipinski definition) is 0. The van der Waals surface area contributed by atoms with Crippen molar-refractivity contribution >= 4 is 21.8 Å². The lowest BCUT2D eigenvalue weighted by Gasteiger charge is -2.04. The standard InChI is InChI=1S/C12H12N2S.BrH/c1-9-2-4-10(5-3-9)11-8-14-7-6-13-12(14)15-11;/h2-5,8H,6-7H2,1H3;1H/p-1. The second-order valence-electron chi connectivity index (χ2n) is 3.82. The van der Waals surface area contributed by atoms with Gasteiger partial charge in [-0.2, -0.15) is 0 Å². The number of thioether (sulfide) groups is 1. The molecule has 0 unspecified atom stereocenters. The van der Waals surface area contributed by atoms with Crippen LogP contribution in [0.25, 0.3) is 4.91 Å². The van der Waals surface area contributed by atoms with Crippen LogP contribution in [-0.4, -0.2) is 23.2 Å². The molecule has 2 nitrogen and oxygen atoms in total. The Morgan fingerprint density at radius 3 is 2.69 bits per heavy atom. The van der Waals surface area contributed by atoms with E-state index in [9.17, 15) is 0 Å². The summed E-state index contributed by atoms with van der Waals surface area (Å²) in [7, 11) is 0. The van der Waals surface area contributed by atoms with Gasteiger partial charge in [-0.25, -0.2) is 0 Å². The van der Waals surface area contributed by atoms with Crippen molar-refractivity contribution in [3.63, 3.8) is 0 Å². The van der Waals surface area contributed by atoms with Gasteiger partial charge in [0.05, 0.1) is 6.54 Å². The molecule has 1 aromatic carbocycles. The normalized spacial score (nSPS) is 17.7. The molecule has 0 N–H and O–H groups in total. The van der Waals surface area contributed by atoms with Gasteiger partial charge in [0.25, 0.3) is 0 Å². The van der Waals surface area contributed by atoms with E-state index < -0.39 is 0 Å². The maximum Gasteiger partial charge on any atom is 0.168 e.